The molecule has 1 fully saturated rings. The Bertz CT molecular complexity index is 341. The van der Waals surface area contributed by atoms with Crippen molar-refractivity contribution in [1.29, 1.82) is 0 Å². The highest BCUT2D eigenvalue weighted by molar-refractivity contribution is 7.86. The van der Waals surface area contributed by atoms with Crippen LogP contribution in [0.5, 0.6) is 0 Å². The summed E-state index contributed by atoms with van der Waals surface area (Å²) in [4.78, 5) is 0. The molecule has 1 heterocycles. The van der Waals surface area contributed by atoms with Crippen LogP contribution < -0.4 is 5.32 Å². The quantitative estimate of drug-likeness (QED) is 0.803. The Labute approximate surface area is 105 Å². The molecule has 1 rings (SSSR count). The molecule has 0 radical (unpaired) electrons. The maximum Gasteiger partial charge on any atom is 0.281 e. The summed E-state index contributed by atoms with van der Waals surface area (Å²) in [6, 6.07) is 0.284. The van der Waals surface area contributed by atoms with Crippen LogP contribution in [0, 0.1) is 5.92 Å². The van der Waals surface area contributed by atoms with E-state index in [1.165, 1.54) is 4.31 Å². The van der Waals surface area contributed by atoms with Gasteiger partial charge in [-0.1, -0.05) is 13.8 Å². The lowest BCUT2D eigenvalue weighted by Crippen LogP contribution is -2.59. The van der Waals surface area contributed by atoms with Crippen molar-refractivity contribution >= 4 is 10.2 Å². The Hall–Kier alpha value is -0.170. The first-order valence-electron chi connectivity index (χ1n) is 6.17. The van der Waals surface area contributed by atoms with E-state index >= 15 is 0 Å². The van der Waals surface area contributed by atoms with Crippen LogP contribution in [0.4, 0.5) is 0 Å². The summed E-state index contributed by atoms with van der Waals surface area (Å²) in [5.41, 5.74) is 0. The number of nitrogens with zero attached hydrogens (tertiary/aromatic N) is 2. The van der Waals surface area contributed by atoms with E-state index in [1.54, 1.807) is 18.4 Å². The summed E-state index contributed by atoms with van der Waals surface area (Å²) in [6.07, 6.45) is 1.01. The number of hydrogen-bond donors (Lipinski definition) is 1. The third kappa shape index (κ3) is 3.64. The van der Waals surface area contributed by atoms with Crippen molar-refractivity contribution in [3.63, 3.8) is 0 Å². The van der Waals surface area contributed by atoms with Gasteiger partial charge in [0.15, 0.2) is 0 Å². The van der Waals surface area contributed by atoms with Gasteiger partial charge in [-0.3, -0.25) is 0 Å². The smallest absolute Gasteiger partial charge is 0.281 e. The number of rotatable bonds is 4. The van der Waals surface area contributed by atoms with E-state index in [-0.39, 0.29) is 12.1 Å². The lowest BCUT2D eigenvalue weighted by molar-refractivity contribution is 0.210. The van der Waals surface area contributed by atoms with E-state index in [1.807, 2.05) is 6.92 Å². The van der Waals surface area contributed by atoms with E-state index in [9.17, 15) is 8.42 Å². The van der Waals surface area contributed by atoms with Gasteiger partial charge in [0.05, 0.1) is 0 Å². The molecule has 5 nitrogen and oxygen atoms in total. The van der Waals surface area contributed by atoms with Gasteiger partial charge in [-0.25, -0.2) is 0 Å². The fourth-order valence-corrected chi connectivity index (χ4v) is 3.48. The average molecular weight is 263 g/mol. The van der Waals surface area contributed by atoms with Crippen molar-refractivity contribution in [2.45, 2.75) is 39.3 Å². The summed E-state index contributed by atoms with van der Waals surface area (Å²) in [6.45, 7) is 7.55. The van der Waals surface area contributed by atoms with Gasteiger partial charge in [0, 0.05) is 39.3 Å². The molecule has 0 aromatic carbocycles. The third-order valence-electron chi connectivity index (χ3n) is 3.11. The molecule has 0 saturated carbocycles. The molecule has 0 amide bonds. The molecule has 1 aliphatic rings. The van der Waals surface area contributed by atoms with Crippen LogP contribution in [-0.4, -0.2) is 56.3 Å². The van der Waals surface area contributed by atoms with Gasteiger partial charge in [0.2, 0.25) is 0 Å². The van der Waals surface area contributed by atoms with Crippen molar-refractivity contribution in [2.75, 3.05) is 27.2 Å². The zero-order chi connectivity index (χ0) is 13.2. The van der Waals surface area contributed by atoms with Gasteiger partial charge in [-0.2, -0.15) is 17.0 Å². The topological polar surface area (TPSA) is 52.7 Å². The van der Waals surface area contributed by atoms with Gasteiger partial charge in [-0.15, -0.1) is 0 Å². The first-order chi connectivity index (χ1) is 7.75. The molecule has 0 aliphatic carbocycles. The molecular formula is C11H25N3O2S. The Balaban J connectivity index is 2.77. The van der Waals surface area contributed by atoms with E-state index in [2.05, 4.69) is 19.2 Å². The predicted molar refractivity (Wildman–Crippen MR) is 70.0 cm³/mol. The highest BCUT2D eigenvalue weighted by atomic mass is 32.2. The minimum Gasteiger partial charge on any atom is -0.311 e. The van der Waals surface area contributed by atoms with Crippen LogP contribution in [-0.2, 0) is 10.2 Å². The van der Waals surface area contributed by atoms with Crippen molar-refractivity contribution in [2.24, 2.45) is 5.92 Å². The van der Waals surface area contributed by atoms with Gasteiger partial charge in [-0.05, 0) is 19.3 Å². The fraction of sp³-hybridized carbons (Fsp3) is 1.00. The SMILES string of the molecule is CC(C)CC1CN(S(=O)(=O)N(C)C)C(C)CN1. The Morgan fingerprint density at radius 1 is 1.41 bits per heavy atom. The molecule has 0 aromatic heterocycles. The van der Waals surface area contributed by atoms with Gasteiger partial charge >= 0.3 is 0 Å². The standard InChI is InChI=1S/C11H25N3O2S/c1-9(2)6-11-8-14(10(3)7-12-11)17(15,16)13(4)5/h9-12H,6-8H2,1-5H3. The maximum atomic E-state index is 12.2. The molecular weight excluding hydrogens is 238 g/mol. The fourth-order valence-electron chi connectivity index (χ4n) is 2.16. The number of hydrogen-bond acceptors (Lipinski definition) is 3. The van der Waals surface area contributed by atoms with E-state index < -0.39 is 10.2 Å². The van der Waals surface area contributed by atoms with Gasteiger partial charge in [0.25, 0.3) is 10.2 Å². The maximum absolute atomic E-state index is 12.2. The molecule has 1 N–H and O–H groups in total. The molecule has 102 valence electrons. The summed E-state index contributed by atoms with van der Waals surface area (Å²) in [5, 5.41) is 3.42. The highest BCUT2D eigenvalue weighted by Gasteiger charge is 2.34. The average Bonchev–Trinajstić information content (AvgIpc) is 2.19. The zero-order valence-corrected chi connectivity index (χ0v) is 12.3. The molecule has 1 saturated heterocycles. The molecule has 0 bridgehead atoms. The molecule has 6 heteroatoms. The molecule has 0 aromatic rings. The second-order valence-electron chi connectivity index (χ2n) is 5.44. The normalized spacial score (nSPS) is 27.9. The van der Waals surface area contributed by atoms with Crippen LogP contribution in [0.2, 0.25) is 0 Å². The van der Waals surface area contributed by atoms with Crippen LogP contribution in [0.25, 0.3) is 0 Å². The predicted octanol–water partition coefficient (Wildman–Crippen LogP) is 0.501. The monoisotopic (exact) mass is 263 g/mol. The molecule has 0 spiro atoms. The number of nitrogens with one attached hydrogen (secondary N) is 1. The Morgan fingerprint density at radius 3 is 2.47 bits per heavy atom. The van der Waals surface area contributed by atoms with E-state index in [4.69, 9.17) is 0 Å². The van der Waals surface area contributed by atoms with Gasteiger partial charge < -0.3 is 5.32 Å². The molecule has 2 atom stereocenters. The van der Waals surface area contributed by atoms with E-state index in [0.717, 1.165) is 13.0 Å². The first kappa shape index (κ1) is 14.9. The lowest BCUT2D eigenvalue weighted by atomic mass is 10.0. The second-order valence-corrected chi connectivity index (χ2v) is 7.54. The Kier molecular flexibility index (Phi) is 4.95. The summed E-state index contributed by atoms with van der Waals surface area (Å²) in [7, 11) is -0.121. The molecule has 17 heavy (non-hydrogen) atoms. The van der Waals surface area contributed by atoms with Crippen LogP contribution >= 0.6 is 0 Å². The van der Waals surface area contributed by atoms with Gasteiger partial charge in [0.1, 0.15) is 0 Å². The summed E-state index contributed by atoms with van der Waals surface area (Å²) >= 11 is 0. The van der Waals surface area contributed by atoms with Crippen molar-refractivity contribution < 1.29 is 8.42 Å². The largest absolute Gasteiger partial charge is 0.311 e. The highest BCUT2D eigenvalue weighted by Crippen LogP contribution is 2.17. The molecule has 2 unspecified atom stereocenters. The summed E-state index contributed by atoms with van der Waals surface area (Å²) in [5.74, 6) is 0.574. The molecule has 1 aliphatic heterocycles. The Morgan fingerprint density at radius 2 is 2.00 bits per heavy atom. The van der Waals surface area contributed by atoms with Crippen LogP contribution in [0.15, 0.2) is 0 Å². The van der Waals surface area contributed by atoms with Crippen molar-refractivity contribution in [3.8, 4) is 0 Å². The summed E-state index contributed by atoms with van der Waals surface area (Å²) < 4.78 is 27.2. The number of piperazine rings is 1. The van der Waals surface area contributed by atoms with Crippen molar-refractivity contribution in [1.82, 2.24) is 13.9 Å². The minimum atomic E-state index is -3.29. The zero-order valence-electron chi connectivity index (χ0n) is 11.5. The van der Waals surface area contributed by atoms with Crippen LogP contribution in [0.1, 0.15) is 27.2 Å². The van der Waals surface area contributed by atoms with Crippen LogP contribution in [0.3, 0.4) is 0 Å². The first-order valence-corrected chi connectivity index (χ1v) is 7.57. The van der Waals surface area contributed by atoms with Crippen molar-refractivity contribution in [3.05, 3.63) is 0 Å². The lowest BCUT2D eigenvalue weighted by Gasteiger charge is -2.39. The second kappa shape index (κ2) is 5.65. The van der Waals surface area contributed by atoms with E-state index in [0.29, 0.717) is 12.5 Å². The third-order valence-corrected chi connectivity index (χ3v) is 5.13. The minimum absolute atomic E-state index is 0.0193.